The minimum Gasteiger partial charge on any atom is -0.497 e. The number of methoxy groups -OCH3 is 1. The minimum absolute atomic E-state index is 0.151. The van der Waals surface area contributed by atoms with Crippen molar-refractivity contribution in [3.8, 4) is 5.75 Å². The number of hydrogen-bond donors (Lipinski definition) is 2. The van der Waals surface area contributed by atoms with Crippen LogP contribution in [0.3, 0.4) is 0 Å². The Balaban J connectivity index is 2.41. The summed E-state index contributed by atoms with van der Waals surface area (Å²) in [5, 5.41) is 2.64. The van der Waals surface area contributed by atoms with Crippen LogP contribution >= 0.6 is 11.8 Å². The van der Waals surface area contributed by atoms with Crippen molar-refractivity contribution in [3.05, 3.63) is 47.5 Å². The maximum Gasteiger partial charge on any atom is 0.252 e. The van der Waals surface area contributed by atoms with Crippen LogP contribution in [0.5, 0.6) is 5.75 Å². The summed E-state index contributed by atoms with van der Waals surface area (Å²) in [6.45, 7) is 1.99. The molecule has 2 aromatic carbocycles. The summed E-state index contributed by atoms with van der Waals surface area (Å²) < 4.78 is 5.18. The summed E-state index contributed by atoms with van der Waals surface area (Å²) in [5.41, 5.74) is 8.43. The lowest BCUT2D eigenvalue weighted by Gasteiger charge is -2.11. The van der Waals surface area contributed by atoms with E-state index in [1.54, 1.807) is 20.2 Å². The van der Waals surface area contributed by atoms with Crippen molar-refractivity contribution < 1.29 is 9.53 Å². The van der Waals surface area contributed by atoms with E-state index in [0.29, 0.717) is 17.0 Å². The van der Waals surface area contributed by atoms with E-state index in [-0.39, 0.29) is 5.91 Å². The van der Waals surface area contributed by atoms with Crippen molar-refractivity contribution in [1.82, 2.24) is 5.32 Å². The molecule has 0 aliphatic heterocycles. The average molecular weight is 302 g/mol. The highest BCUT2D eigenvalue weighted by molar-refractivity contribution is 7.99. The van der Waals surface area contributed by atoms with E-state index in [9.17, 15) is 4.79 Å². The van der Waals surface area contributed by atoms with Gasteiger partial charge >= 0.3 is 0 Å². The Labute approximate surface area is 128 Å². The van der Waals surface area contributed by atoms with Gasteiger partial charge in [0.25, 0.3) is 5.91 Å². The maximum atomic E-state index is 12.0. The monoisotopic (exact) mass is 302 g/mol. The van der Waals surface area contributed by atoms with E-state index in [0.717, 1.165) is 15.4 Å². The Bertz CT molecular complexity index is 671. The number of rotatable bonds is 4. The molecule has 0 fully saturated rings. The lowest BCUT2D eigenvalue weighted by molar-refractivity contribution is 0.0960. The van der Waals surface area contributed by atoms with Crippen molar-refractivity contribution in [2.75, 3.05) is 19.9 Å². The first-order valence-electron chi connectivity index (χ1n) is 6.49. The van der Waals surface area contributed by atoms with E-state index < -0.39 is 0 Å². The Kier molecular flexibility index (Phi) is 4.75. The Hall–Kier alpha value is -2.14. The fourth-order valence-corrected chi connectivity index (χ4v) is 2.86. The number of nitrogen functional groups attached to an aromatic ring is 1. The second kappa shape index (κ2) is 6.54. The van der Waals surface area contributed by atoms with Crippen LogP contribution in [-0.4, -0.2) is 20.1 Å². The van der Waals surface area contributed by atoms with Gasteiger partial charge in [-0.05, 0) is 42.8 Å². The van der Waals surface area contributed by atoms with Crippen LogP contribution in [0.15, 0.2) is 46.2 Å². The van der Waals surface area contributed by atoms with E-state index in [1.165, 1.54) is 11.8 Å². The summed E-state index contributed by atoms with van der Waals surface area (Å²) >= 11 is 1.47. The first-order valence-corrected chi connectivity index (χ1v) is 7.31. The molecule has 0 bridgehead atoms. The molecule has 0 saturated heterocycles. The Morgan fingerprint density at radius 2 is 1.90 bits per heavy atom. The van der Waals surface area contributed by atoms with Gasteiger partial charge < -0.3 is 15.8 Å². The average Bonchev–Trinajstić information content (AvgIpc) is 2.49. The largest absolute Gasteiger partial charge is 0.497 e. The number of carbonyl (C=O) groups is 1. The fourth-order valence-electron chi connectivity index (χ4n) is 1.92. The van der Waals surface area contributed by atoms with Gasteiger partial charge in [0.1, 0.15) is 5.75 Å². The third-order valence-electron chi connectivity index (χ3n) is 3.04. The van der Waals surface area contributed by atoms with Crippen molar-refractivity contribution in [1.29, 1.82) is 0 Å². The molecule has 2 aromatic rings. The van der Waals surface area contributed by atoms with Crippen LogP contribution in [-0.2, 0) is 0 Å². The summed E-state index contributed by atoms with van der Waals surface area (Å²) in [4.78, 5) is 13.8. The highest BCUT2D eigenvalue weighted by atomic mass is 32.2. The normalized spacial score (nSPS) is 10.2. The van der Waals surface area contributed by atoms with Gasteiger partial charge in [0.2, 0.25) is 0 Å². The topological polar surface area (TPSA) is 64.3 Å². The minimum atomic E-state index is -0.151. The zero-order valence-corrected chi connectivity index (χ0v) is 13.1. The standard InChI is InChI=1S/C16H18N2O2S/c1-10-4-6-15(13(17)8-10)21-14-7-5-11(20-3)9-12(14)16(19)18-2/h4-9H,17H2,1-3H3,(H,18,19). The van der Waals surface area contributed by atoms with E-state index in [2.05, 4.69) is 5.32 Å². The SMILES string of the molecule is CNC(=O)c1cc(OC)ccc1Sc1ccc(C)cc1N. The molecule has 4 nitrogen and oxygen atoms in total. The number of nitrogens with one attached hydrogen (secondary N) is 1. The number of hydrogen-bond acceptors (Lipinski definition) is 4. The second-order valence-corrected chi connectivity index (χ2v) is 5.67. The number of nitrogens with two attached hydrogens (primary N) is 1. The molecule has 0 heterocycles. The Morgan fingerprint density at radius 3 is 2.52 bits per heavy atom. The molecular weight excluding hydrogens is 284 g/mol. The van der Waals surface area contributed by atoms with Crippen LogP contribution < -0.4 is 15.8 Å². The molecule has 0 unspecified atom stereocenters. The third kappa shape index (κ3) is 3.49. The van der Waals surface area contributed by atoms with Crippen molar-refractivity contribution in [2.45, 2.75) is 16.7 Å². The van der Waals surface area contributed by atoms with Gasteiger partial charge in [-0.1, -0.05) is 17.8 Å². The van der Waals surface area contributed by atoms with Gasteiger partial charge in [-0.25, -0.2) is 0 Å². The van der Waals surface area contributed by atoms with Crippen LogP contribution in [0, 0.1) is 6.92 Å². The number of anilines is 1. The lowest BCUT2D eigenvalue weighted by atomic mass is 10.2. The van der Waals surface area contributed by atoms with Gasteiger partial charge in [-0.2, -0.15) is 0 Å². The van der Waals surface area contributed by atoms with Crippen molar-refractivity contribution >= 4 is 23.4 Å². The predicted molar refractivity (Wildman–Crippen MR) is 86.1 cm³/mol. The van der Waals surface area contributed by atoms with Crippen LogP contribution in [0.2, 0.25) is 0 Å². The number of benzene rings is 2. The van der Waals surface area contributed by atoms with Crippen molar-refractivity contribution in [2.24, 2.45) is 0 Å². The zero-order chi connectivity index (χ0) is 15.4. The number of ether oxygens (including phenoxy) is 1. The van der Waals surface area contributed by atoms with E-state index in [4.69, 9.17) is 10.5 Å². The quantitative estimate of drug-likeness (QED) is 0.852. The van der Waals surface area contributed by atoms with E-state index in [1.807, 2.05) is 37.3 Å². The molecule has 110 valence electrons. The Morgan fingerprint density at radius 1 is 1.19 bits per heavy atom. The highest BCUT2D eigenvalue weighted by Gasteiger charge is 2.13. The summed E-state index contributed by atoms with van der Waals surface area (Å²) in [7, 11) is 3.18. The zero-order valence-electron chi connectivity index (χ0n) is 12.3. The predicted octanol–water partition coefficient (Wildman–Crippen LogP) is 3.10. The molecule has 0 radical (unpaired) electrons. The molecule has 5 heteroatoms. The molecule has 0 aliphatic carbocycles. The van der Waals surface area contributed by atoms with Gasteiger partial charge in [-0.3, -0.25) is 4.79 Å². The molecule has 1 amide bonds. The molecule has 0 aromatic heterocycles. The number of amides is 1. The third-order valence-corrected chi connectivity index (χ3v) is 4.21. The molecule has 3 N–H and O–H groups in total. The van der Waals surface area contributed by atoms with Crippen LogP contribution in [0.25, 0.3) is 0 Å². The number of aryl methyl sites for hydroxylation is 1. The molecule has 0 atom stereocenters. The molecule has 0 saturated carbocycles. The molecule has 0 spiro atoms. The van der Waals surface area contributed by atoms with Gasteiger partial charge in [0, 0.05) is 22.5 Å². The summed E-state index contributed by atoms with van der Waals surface area (Å²) in [6, 6.07) is 11.3. The van der Waals surface area contributed by atoms with Crippen LogP contribution in [0.1, 0.15) is 15.9 Å². The van der Waals surface area contributed by atoms with Crippen molar-refractivity contribution in [3.63, 3.8) is 0 Å². The molecule has 21 heavy (non-hydrogen) atoms. The molecular formula is C16H18N2O2S. The van der Waals surface area contributed by atoms with Gasteiger partial charge in [0.15, 0.2) is 0 Å². The highest BCUT2D eigenvalue weighted by Crippen LogP contribution is 2.35. The number of carbonyl (C=O) groups excluding carboxylic acids is 1. The van der Waals surface area contributed by atoms with Gasteiger partial charge in [0.05, 0.1) is 12.7 Å². The van der Waals surface area contributed by atoms with Gasteiger partial charge in [-0.15, -0.1) is 0 Å². The molecule has 2 rings (SSSR count). The smallest absolute Gasteiger partial charge is 0.252 e. The fraction of sp³-hybridized carbons (Fsp3) is 0.188. The second-order valence-electron chi connectivity index (χ2n) is 4.58. The van der Waals surface area contributed by atoms with Crippen LogP contribution in [0.4, 0.5) is 5.69 Å². The first kappa shape index (κ1) is 15.3. The maximum absolute atomic E-state index is 12.0. The summed E-state index contributed by atoms with van der Waals surface area (Å²) in [6.07, 6.45) is 0. The van der Waals surface area contributed by atoms with E-state index >= 15 is 0 Å². The molecule has 0 aliphatic rings. The summed E-state index contributed by atoms with van der Waals surface area (Å²) in [5.74, 6) is 0.497. The lowest BCUT2D eigenvalue weighted by Crippen LogP contribution is -2.18. The first-order chi connectivity index (χ1) is 10.0.